The Kier molecular flexibility index (Phi) is 4.75. The summed E-state index contributed by atoms with van der Waals surface area (Å²) in [6.45, 7) is -1.36. The summed E-state index contributed by atoms with van der Waals surface area (Å²) in [5.41, 5.74) is 1.05. The summed E-state index contributed by atoms with van der Waals surface area (Å²) in [4.78, 5) is 45.0. The predicted molar refractivity (Wildman–Crippen MR) is 124 cm³/mol. The lowest BCUT2D eigenvalue weighted by Gasteiger charge is -2.13. The molecule has 9 nitrogen and oxygen atoms in total. The molecule has 12 heteroatoms. The monoisotopic (exact) mass is 494 g/mol. The first-order chi connectivity index (χ1) is 17.2. The number of alkyl halides is 3. The van der Waals surface area contributed by atoms with Gasteiger partial charge in [0, 0.05) is 30.2 Å². The molecule has 1 aromatic carbocycles. The van der Waals surface area contributed by atoms with Crippen molar-refractivity contribution in [1.29, 1.82) is 0 Å². The van der Waals surface area contributed by atoms with Crippen LogP contribution in [0, 0.1) is 0 Å². The molecule has 0 amide bonds. The molecule has 182 valence electrons. The number of hydrogen-bond acceptors (Lipinski definition) is 5. The Morgan fingerprint density at radius 3 is 2.64 bits per heavy atom. The molecular formula is C24H17F3N6O3. The van der Waals surface area contributed by atoms with Crippen molar-refractivity contribution >= 4 is 16.6 Å². The van der Waals surface area contributed by atoms with E-state index in [0.29, 0.717) is 23.1 Å². The number of H-pyrrole nitrogens is 2. The fraction of sp³-hybridized carbons (Fsp3) is 0.208. The number of aromatic nitrogens is 6. The van der Waals surface area contributed by atoms with Crippen molar-refractivity contribution in [3.8, 4) is 11.3 Å². The molecule has 2 atom stereocenters. The molecule has 0 spiro atoms. The average molecular weight is 494 g/mol. The van der Waals surface area contributed by atoms with Crippen LogP contribution in [0.25, 0.3) is 27.8 Å². The number of imidazole rings is 1. The number of nitrogens with one attached hydrogen (secondary N) is 2. The van der Waals surface area contributed by atoms with Gasteiger partial charge in [-0.15, -0.1) is 0 Å². The predicted octanol–water partition coefficient (Wildman–Crippen LogP) is 2.92. The molecule has 6 rings (SSSR count). The van der Waals surface area contributed by atoms with E-state index in [2.05, 4.69) is 20.1 Å². The summed E-state index contributed by atoms with van der Waals surface area (Å²) in [6, 6.07) is 9.62. The van der Waals surface area contributed by atoms with E-state index in [0.717, 1.165) is 21.8 Å². The second-order valence-electron chi connectivity index (χ2n) is 8.81. The lowest BCUT2D eigenvalue weighted by molar-refractivity contribution is -0.140. The van der Waals surface area contributed by atoms with Crippen molar-refractivity contribution in [3.63, 3.8) is 0 Å². The highest BCUT2D eigenvalue weighted by Gasteiger charge is 2.41. The van der Waals surface area contributed by atoms with Gasteiger partial charge in [0.05, 0.1) is 16.8 Å². The second kappa shape index (κ2) is 7.77. The summed E-state index contributed by atoms with van der Waals surface area (Å²) in [6.07, 6.45) is 0.691. The van der Waals surface area contributed by atoms with E-state index in [9.17, 15) is 27.6 Å². The Bertz CT molecular complexity index is 1830. The Morgan fingerprint density at radius 1 is 1.06 bits per heavy atom. The maximum absolute atomic E-state index is 13.1. The highest BCUT2D eigenvalue weighted by molar-refractivity contribution is 5.80. The molecule has 0 bridgehead atoms. The van der Waals surface area contributed by atoms with Crippen molar-refractivity contribution < 1.29 is 13.2 Å². The van der Waals surface area contributed by atoms with Crippen LogP contribution in [0.15, 0.2) is 69.4 Å². The smallest absolute Gasteiger partial charge is 0.313 e. The lowest BCUT2D eigenvalue weighted by atomic mass is 10.0. The van der Waals surface area contributed by atoms with E-state index in [1.165, 1.54) is 12.3 Å². The summed E-state index contributed by atoms with van der Waals surface area (Å²) in [5.74, 6) is -0.0453. The minimum Gasteiger partial charge on any atom is -0.313 e. The summed E-state index contributed by atoms with van der Waals surface area (Å²) < 4.78 is 41.7. The van der Waals surface area contributed by atoms with Gasteiger partial charge in [-0.25, -0.2) is 14.3 Å². The Labute approximate surface area is 198 Å². The molecule has 5 aromatic rings. The molecular weight excluding hydrogens is 477 g/mol. The van der Waals surface area contributed by atoms with Crippen molar-refractivity contribution in [2.24, 2.45) is 0 Å². The van der Waals surface area contributed by atoms with Crippen LogP contribution < -0.4 is 16.8 Å². The molecule has 0 aliphatic heterocycles. The lowest BCUT2D eigenvalue weighted by Crippen LogP contribution is -2.27. The van der Waals surface area contributed by atoms with E-state index in [4.69, 9.17) is 0 Å². The zero-order chi connectivity index (χ0) is 25.2. The highest BCUT2D eigenvalue weighted by Crippen LogP contribution is 2.55. The van der Waals surface area contributed by atoms with Gasteiger partial charge in [-0.1, -0.05) is 12.1 Å². The van der Waals surface area contributed by atoms with Gasteiger partial charge in [0.1, 0.15) is 6.54 Å². The minimum absolute atomic E-state index is 0.0198. The fourth-order valence-corrected chi connectivity index (χ4v) is 4.73. The van der Waals surface area contributed by atoms with Gasteiger partial charge < -0.3 is 4.98 Å². The van der Waals surface area contributed by atoms with E-state index in [1.54, 1.807) is 35.1 Å². The van der Waals surface area contributed by atoms with Gasteiger partial charge in [-0.2, -0.15) is 18.3 Å². The Morgan fingerprint density at radius 2 is 1.86 bits per heavy atom. The van der Waals surface area contributed by atoms with E-state index in [-0.39, 0.29) is 22.9 Å². The van der Waals surface area contributed by atoms with Gasteiger partial charge in [0.2, 0.25) is 0 Å². The summed E-state index contributed by atoms with van der Waals surface area (Å²) in [5, 5.41) is 4.97. The molecule has 4 aromatic heterocycles. The zero-order valence-corrected chi connectivity index (χ0v) is 18.4. The maximum atomic E-state index is 13.1. The SMILES string of the molecule is O=c1[nH]cc(-c2cc([C@H]3C[C@@H]3c3ccc4ccc(=O)n(CC(F)(F)F)c4c3)c3nccn3n2)c(=O)[nH]1. The second-order valence-corrected chi connectivity index (χ2v) is 8.81. The number of pyridine rings is 1. The maximum Gasteiger partial charge on any atom is 0.406 e. The molecule has 2 N–H and O–H groups in total. The molecule has 1 saturated carbocycles. The number of hydrogen-bond donors (Lipinski definition) is 2. The third kappa shape index (κ3) is 3.80. The Hall–Kier alpha value is -4.48. The summed E-state index contributed by atoms with van der Waals surface area (Å²) in [7, 11) is 0. The molecule has 0 radical (unpaired) electrons. The molecule has 4 heterocycles. The number of rotatable bonds is 4. The molecule has 0 unspecified atom stereocenters. The van der Waals surface area contributed by atoms with Crippen LogP contribution in [0.5, 0.6) is 0 Å². The molecule has 1 aliphatic rings. The van der Waals surface area contributed by atoms with Crippen LogP contribution in [0.1, 0.15) is 29.4 Å². The standard InChI is InChI=1S/C24H17F3N6O3/c25-24(26,27)11-32-19-7-13(2-1-12(19)3-4-20(32)34)14-8-15(14)16-9-18(31-33-6-5-28-21(16)33)17-10-29-23(36)30-22(17)35/h1-7,9-10,14-15H,8,11H2,(H2,29,30,35,36)/t14-,15+/m1/s1. The molecule has 0 saturated heterocycles. The van der Waals surface area contributed by atoms with Gasteiger partial charge in [-0.3, -0.25) is 19.1 Å². The van der Waals surface area contributed by atoms with Crippen molar-refractivity contribution in [2.45, 2.75) is 31.0 Å². The van der Waals surface area contributed by atoms with Crippen LogP contribution in [-0.4, -0.2) is 35.3 Å². The van der Waals surface area contributed by atoms with E-state index >= 15 is 0 Å². The number of fused-ring (bicyclic) bond motifs is 2. The highest BCUT2D eigenvalue weighted by atomic mass is 19.4. The fourth-order valence-electron chi connectivity index (χ4n) is 4.73. The van der Waals surface area contributed by atoms with Crippen molar-refractivity contribution in [2.75, 3.05) is 0 Å². The normalized spacial score (nSPS) is 17.6. The first-order valence-electron chi connectivity index (χ1n) is 11.0. The molecule has 36 heavy (non-hydrogen) atoms. The molecule has 1 fully saturated rings. The largest absolute Gasteiger partial charge is 0.406 e. The topological polar surface area (TPSA) is 118 Å². The van der Waals surface area contributed by atoms with E-state index < -0.39 is 29.5 Å². The van der Waals surface area contributed by atoms with Gasteiger partial charge in [-0.05, 0) is 47.4 Å². The quantitative estimate of drug-likeness (QED) is 0.398. The van der Waals surface area contributed by atoms with Crippen molar-refractivity contribution in [3.05, 3.63) is 97.3 Å². The van der Waals surface area contributed by atoms with Gasteiger partial charge in [0.15, 0.2) is 5.65 Å². The first kappa shape index (κ1) is 22.0. The summed E-state index contributed by atoms with van der Waals surface area (Å²) >= 11 is 0. The molecule has 1 aliphatic carbocycles. The van der Waals surface area contributed by atoms with Crippen molar-refractivity contribution in [1.82, 2.24) is 29.1 Å². The number of benzene rings is 1. The third-order valence-corrected chi connectivity index (χ3v) is 6.46. The minimum atomic E-state index is -4.53. The average Bonchev–Trinajstić information content (AvgIpc) is 3.47. The van der Waals surface area contributed by atoms with Crippen LogP contribution in [0.2, 0.25) is 0 Å². The number of nitrogens with zero attached hydrogens (tertiary/aromatic N) is 4. The van der Waals surface area contributed by atoms with Crippen LogP contribution in [0.4, 0.5) is 13.2 Å². The van der Waals surface area contributed by atoms with Gasteiger partial charge in [0.25, 0.3) is 11.1 Å². The number of halogens is 3. The third-order valence-electron chi connectivity index (χ3n) is 6.46. The van der Waals surface area contributed by atoms with Crippen LogP contribution in [-0.2, 0) is 6.54 Å². The van der Waals surface area contributed by atoms with Gasteiger partial charge >= 0.3 is 11.9 Å². The van der Waals surface area contributed by atoms with E-state index in [1.807, 2.05) is 6.07 Å². The first-order valence-corrected chi connectivity index (χ1v) is 11.0. The van der Waals surface area contributed by atoms with Crippen LogP contribution >= 0.6 is 0 Å². The zero-order valence-electron chi connectivity index (χ0n) is 18.4. The van der Waals surface area contributed by atoms with Crippen LogP contribution in [0.3, 0.4) is 0 Å². The number of aromatic amines is 2. The Balaban J connectivity index is 1.42.